The standard InChI is InChI=1S/C13H26N2O3S/c1-11(2)15-5-6-18-13(9-15)8-14-12-4-3-7-19(16,17)10-12/h11-14H,3-10H2,1-2H3. The number of hydrogen-bond acceptors (Lipinski definition) is 5. The Bertz CT molecular complexity index is 383. The Labute approximate surface area is 116 Å². The van der Waals surface area contributed by atoms with E-state index in [1.54, 1.807) is 0 Å². The maximum absolute atomic E-state index is 11.6. The first kappa shape index (κ1) is 15.2. The zero-order valence-corrected chi connectivity index (χ0v) is 12.8. The van der Waals surface area contributed by atoms with Gasteiger partial charge in [0.25, 0.3) is 0 Å². The minimum absolute atomic E-state index is 0.108. The summed E-state index contributed by atoms with van der Waals surface area (Å²) in [7, 11) is -2.82. The number of ether oxygens (including phenoxy) is 1. The van der Waals surface area contributed by atoms with Crippen LogP contribution in [0.5, 0.6) is 0 Å². The summed E-state index contributed by atoms with van der Waals surface area (Å²) in [6.45, 7) is 7.85. The molecule has 0 bridgehead atoms. The first-order valence-corrected chi connectivity index (χ1v) is 9.08. The van der Waals surface area contributed by atoms with Crippen molar-refractivity contribution in [3.05, 3.63) is 0 Å². The molecule has 2 atom stereocenters. The number of hydrogen-bond donors (Lipinski definition) is 1. The average Bonchev–Trinajstić information content (AvgIpc) is 2.35. The van der Waals surface area contributed by atoms with Gasteiger partial charge in [0.2, 0.25) is 0 Å². The lowest BCUT2D eigenvalue weighted by Gasteiger charge is -2.36. The van der Waals surface area contributed by atoms with Crippen LogP contribution in [0.3, 0.4) is 0 Å². The van der Waals surface area contributed by atoms with Crippen molar-refractivity contribution in [1.82, 2.24) is 10.2 Å². The molecule has 19 heavy (non-hydrogen) atoms. The van der Waals surface area contributed by atoms with Crippen LogP contribution < -0.4 is 5.32 Å². The summed E-state index contributed by atoms with van der Waals surface area (Å²) in [6, 6.07) is 0.651. The van der Waals surface area contributed by atoms with E-state index in [4.69, 9.17) is 4.74 Å². The van der Waals surface area contributed by atoms with Gasteiger partial charge in [-0.2, -0.15) is 0 Å². The van der Waals surface area contributed by atoms with Crippen molar-refractivity contribution in [2.24, 2.45) is 0 Å². The predicted molar refractivity (Wildman–Crippen MR) is 76.1 cm³/mol. The monoisotopic (exact) mass is 290 g/mol. The smallest absolute Gasteiger partial charge is 0.151 e. The highest BCUT2D eigenvalue weighted by atomic mass is 32.2. The summed E-state index contributed by atoms with van der Waals surface area (Å²) in [4.78, 5) is 2.41. The van der Waals surface area contributed by atoms with Crippen LogP contribution in [0.2, 0.25) is 0 Å². The molecule has 0 aliphatic carbocycles. The predicted octanol–water partition coefficient (Wildman–Crippen LogP) is 0.262. The van der Waals surface area contributed by atoms with Gasteiger partial charge in [0.1, 0.15) is 0 Å². The number of morpholine rings is 1. The molecule has 2 rings (SSSR count). The van der Waals surface area contributed by atoms with Crippen LogP contribution in [-0.4, -0.2) is 69.3 Å². The molecule has 0 radical (unpaired) electrons. The van der Waals surface area contributed by atoms with Gasteiger partial charge in [-0.25, -0.2) is 8.42 Å². The van der Waals surface area contributed by atoms with Crippen molar-refractivity contribution in [1.29, 1.82) is 0 Å². The first-order chi connectivity index (χ1) is 8.96. The summed E-state index contributed by atoms with van der Waals surface area (Å²) in [5, 5.41) is 3.38. The Morgan fingerprint density at radius 1 is 1.42 bits per heavy atom. The van der Waals surface area contributed by atoms with Gasteiger partial charge >= 0.3 is 0 Å². The van der Waals surface area contributed by atoms with Crippen LogP contribution >= 0.6 is 0 Å². The molecule has 2 heterocycles. The Kier molecular flexibility index (Phi) is 5.22. The molecule has 112 valence electrons. The molecule has 2 saturated heterocycles. The van der Waals surface area contributed by atoms with E-state index < -0.39 is 9.84 Å². The third kappa shape index (κ3) is 4.70. The van der Waals surface area contributed by atoms with E-state index in [0.717, 1.165) is 39.1 Å². The Morgan fingerprint density at radius 2 is 2.21 bits per heavy atom. The molecule has 2 aliphatic heterocycles. The van der Waals surface area contributed by atoms with Crippen LogP contribution in [0, 0.1) is 0 Å². The summed E-state index contributed by atoms with van der Waals surface area (Å²) in [5.41, 5.74) is 0. The zero-order chi connectivity index (χ0) is 13.9. The van der Waals surface area contributed by atoms with Gasteiger partial charge in [-0.05, 0) is 26.7 Å². The van der Waals surface area contributed by atoms with Crippen molar-refractivity contribution >= 4 is 9.84 Å². The molecule has 0 aromatic rings. The molecule has 1 N–H and O–H groups in total. The van der Waals surface area contributed by atoms with Gasteiger partial charge in [-0.15, -0.1) is 0 Å². The largest absolute Gasteiger partial charge is 0.374 e. The van der Waals surface area contributed by atoms with Crippen LogP contribution in [0.15, 0.2) is 0 Å². The Hall–Kier alpha value is -0.170. The maximum atomic E-state index is 11.6. The molecule has 0 spiro atoms. The summed E-state index contributed by atoms with van der Waals surface area (Å²) < 4.78 is 28.9. The van der Waals surface area contributed by atoms with Gasteiger partial charge < -0.3 is 10.1 Å². The van der Waals surface area contributed by atoms with Crippen molar-refractivity contribution in [3.8, 4) is 0 Å². The summed E-state index contributed by atoms with van der Waals surface area (Å²) in [6.07, 6.45) is 1.92. The number of sulfone groups is 1. The molecule has 2 unspecified atom stereocenters. The highest BCUT2D eigenvalue weighted by Gasteiger charge is 2.27. The van der Waals surface area contributed by atoms with E-state index in [1.165, 1.54) is 0 Å². The molecule has 2 aliphatic rings. The van der Waals surface area contributed by atoms with Crippen LogP contribution in [0.25, 0.3) is 0 Å². The van der Waals surface area contributed by atoms with Gasteiger partial charge in [0, 0.05) is 31.7 Å². The minimum atomic E-state index is -2.82. The summed E-state index contributed by atoms with van der Waals surface area (Å²) in [5.74, 6) is 0.639. The van der Waals surface area contributed by atoms with Gasteiger partial charge in [0.15, 0.2) is 9.84 Å². The van der Waals surface area contributed by atoms with Crippen molar-refractivity contribution in [2.45, 2.75) is 44.9 Å². The fourth-order valence-electron chi connectivity index (χ4n) is 2.82. The van der Waals surface area contributed by atoms with Gasteiger partial charge in [-0.1, -0.05) is 0 Å². The number of nitrogens with zero attached hydrogens (tertiary/aromatic N) is 1. The van der Waals surface area contributed by atoms with Gasteiger partial charge in [-0.3, -0.25) is 4.90 Å². The Balaban J connectivity index is 1.76. The average molecular weight is 290 g/mol. The van der Waals surface area contributed by atoms with E-state index in [9.17, 15) is 8.42 Å². The zero-order valence-electron chi connectivity index (χ0n) is 12.0. The fraction of sp³-hybridized carbons (Fsp3) is 1.00. The third-order valence-corrected chi connectivity index (χ3v) is 5.82. The van der Waals surface area contributed by atoms with E-state index in [-0.39, 0.29) is 17.9 Å². The molecular formula is C13H26N2O3S. The highest BCUT2D eigenvalue weighted by Crippen LogP contribution is 2.13. The second kappa shape index (κ2) is 6.52. The molecule has 6 heteroatoms. The minimum Gasteiger partial charge on any atom is -0.374 e. The second-order valence-electron chi connectivity index (χ2n) is 5.94. The lowest BCUT2D eigenvalue weighted by Crippen LogP contribution is -2.51. The first-order valence-electron chi connectivity index (χ1n) is 7.26. The van der Waals surface area contributed by atoms with Gasteiger partial charge in [0.05, 0.1) is 24.2 Å². The third-order valence-electron chi connectivity index (χ3n) is 4.00. The van der Waals surface area contributed by atoms with Crippen LogP contribution in [0.4, 0.5) is 0 Å². The van der Waals surface area contributed by atoms with Crippen molar-refractivity contribution in [2.75, 3.05) is 37.7 Å². The molecule has 0 saturated carbocycles. The molecule has 0 aromatic carbocycles. The van der Waals surface area contributed by atoms with E-state index in [1.807, 2.05) is 0 Å². The molecular weight excluding hydrogens is 264 g/mol. The van der Waals surface area contributed by atoms with E-state index >= 15 is 0 Å². The van der Waals surface area contributed by atoms with Crippen molar-refractivity contribution < 1.29 is 13.2 Å². The molecule has 2 fully saturated rings. The number of rotatable bonds is 4. The lowest BCUT2D eigenvalue weighted by atomic mass is 10.1. The van der Waals surface area contributed by atoms with Crippen molar-refractivity contribution in [3.63, 3.8) is 0 Å². The maximum Gasteiger partial charge on any atom is 0.151 e. The molecule has 0 amide bonds. The molecule has 0 aromatic heterocycles. The summed E-state index contributed by atoms with van der Waals surface area (Å²) >= 11 is 0. The normalized spacial score (nSPS) is 32.6. The fourth-order valence-corrected chi connectivity index (χ4v) is 4.49. The van der Waals surface area contributed by atoms with Crippen LogP contribution in [-0.2, 0) is 14.6 Å². The lowest BCUT2D eigenvalue weighted by molar-refractivity contribution is -0.0380. The quantitative estimate of drug-likeness (QED) is 0.805. The SMILES string of the molecule is CC(C)N1CCOC(CNC2CCCS(=O)(=O)C2)C1. The topological polar surface area (TPSA) is 58.6 Å². The van der Waals surface area contributed by atoms with E-state index in [2.05, 4.69) is 24.1 Å². The highest BCUT2D eigenvalue weighted by molar-refractivity contribution is 7.91. The Morgan fingerprint density at radius 3 is 2.89 bits per heavy atom. The van der Waals surface area contributed by atoms with Crippen LogP contribution in [0.1, 0.15) is 26.7 Å². The van der Waals surface area contributed by atoms with E-state index in [0.29, 0.717) is 11.8 Å². The second-order valence-corrected chi connectivity index (χ2v) is 8.17. The number of nitrogens with one attached hydrogen (secondary N) is 1. The molecule has 5 nitrogen and oxygen atoms in total.